The number of phenols is 1. The number of phenolic OH excluding ortho intramolecular Hbond substituents is 1. The molecule has 0 amide bonds. The third kappa shape index (κ3) is 6.99. The lowest BCUT2D eigenvalue weighted by molar-refractivity contribution is 0.480. The predicted octanol–water partition coefficient (Wildman–Crippen LogP) is 5.45. The van der Waals surface area contributed by atoms with Gasteiger partial charge in [-0.25, -0.2) is 8.42 Å². The zero-order valence-electron chi connectivity index (χ0n) is 22.0. The molecule has 42 heavy (non-hydrogen) atoms. The fourth-order valence-electron chi connectivity index (χ4n) is 4.45. The van der Waals surface area contributed by atoms with Crippen molar-refractivity contribution in [2.75, 3.05) is 22.7 Å². The summed E-state index contributed by atoms with van der Waals surface area (Å²) in [5, 5.41) is 22.3. The topological polar surface area (TPSA) is 200 Å². The molecular formula is C26H26ClN3O9S3. The van der Waals surface area contributed by atoms with Gasteiger partial charge in [-0.3, -0.25) is 9.11 Å². The highest BCUT2D eigenvalue weighted by molar-refractivity contribution is 7.91. The molecule has 0 spiro atoms. The summed E-state index contributed by atoms with van der Waals surface area (Å²) in [5.74, 6) is -0.641. The number of alkyl halides is 1. The molecule has 0 heterocycles. The van der Waals surface area contributed by atoms with Gasteiger partial charge in [-0.1, -0.05) is 24.3 Å². The summed E-state index contributed by atoms with van der Waals surface area (Å²) in [6.45, 7) is 1.72. The second kappa shape index (κ2) is 12.1. The summed E-state index contributed by atoms with van der Waals surface area (Å²) in [4.78, 5) is -0.849. The van der Waals surface area contributed by atoms with Crippen LogP contribution in [0.25, 0.3) is 21.5 Å². The highest BCUT2D eigenvalue weighted by Gasteiger charge is 2.21. The summed E-state index contributed by atoms with van der Waals surface area (Å²) in [7, 11) is -12.7. The van der Waals surface area contributed by atoms with Crippen LogP contribution in [-0.4, -0.2) is 62.9 Å². The van der Waals surface area contributed by atoms with E-state index in [1.54, 1.807) is 13.0 Å². The van der Waals surface area contributed by atoms with Crippen LogP contribution in [0, 0.1) is 0 Å². The van der Waals surface area contributed by atoms with Gasteiger partial charge in [0.15, 0.2) is 9.84 Å². The largest absolute Gasteiger partial charge is 0.507 e. The number of sulfone groups is 1. The Bertz CT molecular complexity index is 2030. The Morgan fingerprint density at radius 3 is 2.05 bits per heavy atom. The Balaban J connectivity index is 1.81. The lowest BCUT2D eigenvalue weighted by Gasteiger charge is -2.19. The number of fused-ring (bicyclic) bond motifs is 2. The van der Waals surface area contributed by atoms with Gasteiger partial charge in [-0.15, -0.1) is 21.8 Å². The normalized spacial score (nSPS) is 13.6. The Labute approximate surface area is 247 Å². The van der Waals surface area contributed by atoms with E-state index in [1.807, 2.05) is 0 Å². The molecule has 0 saturated heterocycles. The van der Waals surface area contributed by atoms with E-state index in [1.165, 1.54) is 48.5 Å². The standard InChI is InChI=1S/C26H26ClN3O9S3/c1-16(12-14-40(32,33)15-13-27)28-20-9-8-19(17-4-3-7-24(26(17)20)42(37,38)39)29-30-21-10-11-23(41(34,35)36)18-5-2-6-22(31)25(18)21/h2-11,16,28,31H,12-15H2,1H3,(H,34,35,36)(H,37,38,39). The third-order valence-electron chi connectivity index (χ3n) is 6.41. The van der Waals surface area contributed by atoms with Crippen molar-refractivity contribution in [2.24, 2.45) is 10.2 Å². The maximum Gasteiger partial charge on any atom is 0.295 e. The highest BCUT2D eigenvalue weighted by atomic mass is 35.5. The lowest BCUT2D eigenvalue weighted by Crippen LogP contribution is -2.22. The monoisotopic (exact) mass is 655 g/mol. The minimum Gasteiger partial charge on any atom is -0.507 e. The molecule has 1 atom stereocenters. The molecule has 4 N–H and O–H groups in total. The summed E-state index contributed by atoms with van der Waals surface area (Å²) < 4.78 is 92.0. The molecule has 0 radical (unpaired) electrons. The molecule has 12 nitrogen and oxygen atoms in total. The number of halogens is 1. The average Bonchev–Trinajstić information content (AvgIpc) is 2.90. The van der Waals surface area contributed by atoms with E-state index in [2.05, 4.69) is 15.5 Å². The van der Waals surface area contributed by atoms with Crippen LogP contribution < -0.4 is 5.32 Å². The van der Waals surface area contributed by atoms with Gasteiger partial charge in [0.1, 0.15) is 15.5 Å². The van der Waals surface area contributed by atoms with Gasteiger partial charge in [0.2, 0.25) is 0 Å². The molecule has 224 valence electrons. The van der Waals surface area contributed by atoms with Crippen LogP contribution >= 0.6 is 11.6 Å². The fourth-order valence-corrected chi connectivity index (χ4v) is 7.73. The van der Waals surface area contributed by atoms with Crippen molar-refractivity contribution in [1.82, 2.24) is 0 Å². The molecule has 1 unspecified atom stereocenters. The van der Waals surface area contributed by atoms with E-state index in [4.69, 9.17) is 11.6 Å². The second-order valence-electron chi connectivity index (χ2n) is 9.42. The van der Waals surface area contributed by atoms with Gasteiger partial charge < -0.3 is 10.4 Å². The highest BCUT2D eigenvalue weighted by Crippen LogP contribution is 2.40. The first-order valence-electron chi connectivity index (χ1n) is 12.3. The molecule has 0 aromatic heterocycles. The maximum atomic E-state index is 12.3. The van der Waals surface area contributed by atoms with E-state index < -0.39 is 45.9 Å². The summed E-state index contributed by atoms with van der Waals surface area (Å²) >= 11 is 5.56. The molecule has 0 aliphatic heterocycles. The Morgan fingerprint density at radius 1 is 0.762 bits per heavy atom. The molecule has 4 rings (SSSR count). The molecule has 4 aromatic carbocycles. The van der Waals surface area contributed by atoms with Gasteiger partial charge in [-0.2, -0.15) is 16.8 Å². The van der Waals surface area contributed by atoms with Crippen LogP contribution in [0.2, 0.25) is 0 Å². The van der Waals surface area contributed by atoms with Crippen LogP contribution in [0.1, 0.15) is 13.3 Å². The molecular weight excluding hydrogens is 630 g/mol. The minimum absolute atomic E-state index is 0.00839. The second-order valence-corrected chi connectivity index (χ2v) is 14.9. The Hall–Kier alpha value is -3.34. The Morgan fingerprint density at radius 2 is 1.38 bits per heavy atom. The van der Waals surface area contributed by atoms with Crippen molar-refractivity contribution in [2.45, 2.75) is 29.2 Å². The summed E-state index contributed by atoms with van der Waals surface area (Å²) in [5.41, 5.74) is 0.518. The van der Waals surface area contributed by atoms with E-state index in [-0.39, 0.29) is 62.5 Å². The molecule has 0 aliphatic rings. The van der Waals surface area contributed by atoms with Crippen LogP contribution in [0.15, 0.2) is 80.7 Å². The zero-order chi connectivity index (χ0) is 30.9. The van der Waals surface area contributed by atoms with Crippen LogP contribution in [0.3, 0.4) is 0 Å². The lowest BCUT2D eigenvalue weighted by atomic mass is 10.1. The van der Waals surface area contributed by atoms with Gasteiger partial charge in [0.05, 0.1) is 28.3 Å². The first-order valence-corrected chi connectivity index (χ1v) is 17.6. The average molecular weight is 656 g/mol. The van der Waals surface area contributed by atoms with Crippen molar-refractivity contribution in [3.8, 4) is 5.75 Å². The first kappa shape index (κ1) is 31.6. The zero-order valence-corrected chi connectivity index (χ0v) is 25.2. The van der Waals surface area contributed by atoms with Crippen molar-refractivity contribution < 1.29 is 39.5 Å². The van der Waals surface area contributed by atoms with E-state index in [0.29, 0.717) is 5.69 Å². The minimum atomic E-state index is -4.70. The Kier molecular flexibility index (Phi) is 9.11. The molecule has 4 aromatic rings. The van der Waals surface area contributed by atoms with Crippen molar-refractivity contribution in [3.63, 3.8) is 0 Å². The first-order chi connectivity index (χ1) is 19.6. The van der Waals surface area contributed by atoms with Crippen molar-refractivity contribution >= 4 is 80.3 Å². The number of azo groups is 1. The maximum absolute atomic E-state index is 12.3. The van der Waals surface area contributed by atoms with Gasteiger partial charge in [-0.05, 0) is 49.7 Å². The van der Waals surface area contributed by atoms with Crippen LogP contribution in [-0.2, 0) is 30.1 Å². The number of aromatic hydroxyl groups is 1. The van der Waals surface area contributed by atoms with Gasteiger partial charge >= 0.3 is 0 Å². The number of nitrogens with zero attached hydrogens (tertiary/aromatic N) is 2. The number of anilines is 1. The number of hydrogen-bond acceptors (Lipinski definition) is 10. The SMILES string of the molecule is CC(CCS(=O)(=O)CCCl)Nc1ccc(N=Nc2ccc(S(=O)(=O)O)c3cccc(O)c23)c2cccc(S(=O)(=O)O)c12. The van der Waals surface area contributed by atoms with Crippen LogP contribution in [0.5, 0.6) is 5.75 Å². The predicted molar refractivity (Wildman–Crippen MR) is 160 cm³/mol. The number of rotatable bonds is 11. The van der Waals surface area contributed by atoms with E-state index >= 15 is 0 Å². The number of benzene rings is 4. The number of hydrogen-bond donors (Lipinski definition) is 4. The quantitative estimate of drug-likeness (QED) is 0.0914. The van der Waals surface area contributed by atoms with Crippen molar-refractivity contribution in [3.05, 3.63) is 60.7 Å². The molecule has 0 bridgehead atoms. The van der Waals surface area contributed by atoms with Gasteiger partial charge in [0, 0.05) is 33.8 Å². The smallest absolute Gasteiger partial charge is 0.295 e. The molecule has 0 saturated carbocycles. The van der Waals surface area contributed by atoms with Gasteiger partial charge in [0.25, 0.3) is 20.2 Å². The molecule has 0 fully saturated rings. The molecule has 0 aliphatic carbocycles. The van der Waals surface area contributed by atoms with Crippen LogP contribution in [0.4, 0.5) is 17.1 Å². The third-order valence-corrected chi connectivity index (χ3v) is 10.3. The van der Waals surface area contributed by atoms with Crippen molar-refractivity contribution in [1.29, 1.82) is 0 Å². The fraction of sp³-hybridized carbons (Fsp3) is 0.231. The summed E-state index contributed by atoms with van der Waals surface area (Å²) in [6, 6.07) is 13.2. The molecule has 16 heteroatoms. The van der Waals surface area contributed by atoms with E-state index in [0.717, 1.165) is 6.07 Å². The number of nitrogens with one attached hydrogen (secondary N) is 1. The summed E-state index contributed by atoms with van der Waals surface area (Å²) in [6.07, 6.45) is 0.201. The van der Waals surface area contributed by atoms with E-state index in [9.17, 15) is 39.5 Å².